The molecule has 0 aliphatic rings. The van der Waals surface area contributed by atoms with Crippen LogP contribution in [0.5, 0.6) is 0 Å². The average molecular weight is 202 g/mol. The van der Waals surface area contributed by atoms with Crippen molar-refractivity contribution in [3.63, 3.8) is 0 Å². The number of hydrogen-bond donors (Lipinski definition) is 1. The molecule has 1 N–H and O–H groups in total. The van der Waals surface area contributed by atoms with Crippen molar-refractivity contribution >= 4 is 15.9 Å². The Morgan fingerprint density at radius 3 is 2.80 bits per heavy atom. The van der Waals surface area contributed by atoms with Crippen LogP contribution in [0.15, 0.2) is 22.8 Å². The highest BCUT2D eigenvalue weighted by atomic mass is 79.9. The summed E-state index contributed by atoms with van der Waals surface area (Å²) in [6.07, 6.45) is 1.16. The zero-order chi connectivity index (χ0) is 7.56. The zero-order valence-corrected chi connectivity index (χ0v) is 7.17. The van der Waals surface area contributed by atoms with Crippen LogP contribution < -0.4 is 0 Å². The lowest BCUT2D eigenvalue weighted by molar-refractivity contribution is 0.193. The Labute approximate surface area is 68.0 Å². The zero-order valence-electron chi connectivity index (χ0n) is 5.58. The van der Waals surface area contributed by atoms with E-state index >= 15 is 0 Å². The molecule has 0 aromatic carbocycles. The molecule has 0 amide bonds. The van der Waals surface area contributed by atoms with Crippen molar-refractivity contribution in [2.24, 2.45) is 0 Å². The van der Waals surface area contributed by atoms with Crippen molar-refractivity contribution in [1.29, 1.82) is 0 Å². The maximum absolute atomic E-state index is 9.11. The third kappa shape index (κ3) is 1.55. The summed E-state index contributed by atoms with van der Waals surface area (Å²) in [5.74, 6) is 0. The van der Waals surface area contributed by atoms with Gasteiger partial charge in [0.1, 0.15) is 0 Å². The van der Waals surface area contributed by atoms with Crippen molar-refractivity contribution in [2.45, 2.75) is 13.0 Å². The predicted octanol–water partition coefficient (Wildman–Crippen LogP) is 1.90. The molecule has 0 saturated carbocycles. The van der Waals surface area contributed by atoms with E-state index in [9.17, 15) is 0 Å². The van der Waals surface area contributed by atoms with Gasteiger partial charge in [0.2, 0.25) is 0 Å². The molecule has 0 aliphatic heterocycles. The maximum atomic E-state index is 9.11. The molecule has 0 bridgehead atoms. The van der Waals surface area contributed by atoms with Gasteiger partial charge in [-0.1, -0.05) is 0 Å². The summed E-state index contributed by atoms with van der Waals surface area (Å²) in [7, 11) is 0. The van der Waals surface area contributed by atoms with E-state index in [1.165, 1.54) is 0 Å². The highest BCUT2D eigenvalue weighted by Crippen LogP contribution is 2.19. The van der Waals surface area contributed by atoms with Crippen molar-refractivity contribution in [3.05, 3.63) is 28.5 Å². The SMILES string of the molecule is C[C@H](O)c1ncccc1Br. The minimum atomic E-state index is -0.504. The smallest absolute Gasteiger partial charge is 0.0943 e. The molecule has 2 nitrogen and oxygen atoms in total. The molecule has 1 atom stereocenters. The monoisotopic (exact) mass is 201 g/mol. The summed E-state index contributed by atoms with van der Waals surface area (Å²) in [5, 5.41) is 9.11. The van der Waals surface area contributed by atoms with E-state index < -0.39 is 6.10 Å². The number of aliphatic hydroxyl groups is 1. The highest BCUT2D eigenvalue weighted by Gasteiger charge is 2.04. The second kappa shape index (κ2) is 3.12. The third-order valence-electron chi connectivity index (χ3n) is 1.18. The quantitative estimate of drug-likeness (QED) is 0.754. The fourth-order valence-corrected chi connectivity index (χ4v) is 1.29. The van der Waals surface area contributed by atoms with Crippen molar-refractivity contribution < 1.29 is 5.11 Å². The fourth-order valence-electron chi connectivity index (χ4n) is 0.705. The lowest BCUT2D eigenvalue weighted by atomic mass is 10.2. The molecule has 10 heavy (non-hydrogen) atoms. The summed E-state index contributed by atoms with van der Waals surface area (Å²) < 4.78 is 0.852. The number of pyridine rings is 1. The van der Waals surface area contributed by atoms with Gasteiger partial charge < -0.3 is 5.11 Å². The van der Waals surface area contributed by atoms with Crippen LogP contribution in [-0.2, 0) is 0 Å². The van der Waals surface area contributed by atoms with Crippen LogP contribution in [0.2, 0.25) is 0 Å². The minimum absolute atomic E-state index is 0.504. The van der Waals surface area contributed by atoms with Gasteiger partial charge in [0.25, 0.3) is 0 Å². The number of aliphatic hydroxyl groups excluding tert-OH is 1. The van der Waals surface area contributed by atoms with Crippen LogP contribution in [-0.4, -0.2) is 10.1 Å². The van der Waals surface area contributed by atoms with Crippen LogP contribution in [0, 0.1) is 0 Å². The van der Waals surface area contributed by atoms with Gasteiger partial charge in [-0.3, -0.25) is 4.98 Å². The Kier molecular flexibility index (Phi) is 2.40. The molecular weight excluding hydrogens is 194 g/mol. The second-order valence-electron chi connectivity index (χ2n) is 2.05. The van der Waals surface area contributed by atoms with Gasteiger partial charge in [-0.2, -0.15) is 0 Å². The Hall–Kier alpha value is -0.410. The highest BCUT2D eigenvalue weighted by molar-refractivity contribution is 9.10. The Bertz CT molecular complexity index is 225. The lowest BCUT2D eigenvalue weighted by Gasteiger charge is -2.03. The van der Waals surface area contributed by atoms with Gasteiger partial charge in [0.15, 0.2) is 0 Å². The Morgan fingerprint density at radius 1 is 1.70 bits per heavy atom. The first-order valence-corrected chi connectivity index (χ1v) is 3.79. The van der Waals surface area contributed by atoms with Crippen molar-refractivity contribution in [3.8, 4) is 0 Å². The predicted molar refractivity (Wildman–Crippen MR) is 42.6 cm³/mol. The normalized spacial score (nSPS) is 13.1. The van der Waals surface area contributed by atoms with Crippen LogP contribution >= 0.6 is 15.9 Å². The molecular formula is C7H8BrNO. The minimum Gasteiger partial charge on any atom is -0.387 e. The van der Waals surface area contributed by atoms with Gasteiger partial charge in [-0.25, -0.2) is 0 Å². The van der Waals surface area contributed by atoms with Crippen molar-refractivity contribution in [2.75, 3.05) is 0 Å². The fraction of sp³-hybridized carbons (Fsp3) is 0.286. The summed E-state index contributed by atoms with van der Waals surface area (Å²) in [5.41, 5.74) is 0.683. The van der Waals surface area contributed by atoms with E-state index in [1.54, 1.807) is 13.1 Å². The van der Waals surface area contributed by atoms with E-state index in [0.29, 0.717) is 5.69 Å². The molecule has 0 fully saturated rings. The largest absolute Gasteiger partial charge is 0.387 e. The van der Waals surface area contributed by atoms with Crippen LogP contribution in [0.4, 0.5) is 0 Å². The number of aromatic nitrogens is 1. The molecule has 1 heterocycles. The van der Waals surface area contributed by atoms with E-state index in [0.717, 1.165) is 4.47 Å². The topological polar surface area (TPSA) is 33.1 Å². The molecule has 0 saturated heterocycles. The third-order valence-corrected chi connectivity index (χ3v) is 1.85. The Balaban J connectivity index is 3.03. The summed E-state index contributed by atoms with van der Waals surface area (Å²) >= 11 is 3.27. The standard InChI is InChI=1S/C7H8BrNO/c1-5(10)7-6(8)3-2-4-9-7/h2-5,10H,1H3/t5-/m0/s1. The molecule has 1 aromatic rings. The van der Waals surface area contributed by atoms with E-state index in [2.05, 4.69) is 20.9 Å². The number of halogens is 1. The molecule has 1 rings (SSSR count). The molecule has 1 aromatic heterocycles. The number of hydrogen-bond acceptors (Lipinski definition) is 2. The first-order valence-electron chi connectivity index (χ1n) is 3.00. The van der Waals surface area contributed by atoms with Gasteiger partial charge in [-0.15, -0.1) is 0 Å². The van der Waals surface area contributed by atoms with Crippen LogP contribution in [0.3, 0.4) is 0 Å². The molecule has 0 unspecified atom stereocenters. The van der Waals surface area contributed by atoms with Gasteiger partial charge in [0.05, 0.1) is 11.8 Å². The molecule has 0 aliphatic carbocycles. The van der Waals surface area contributed by atoms with Gasteiger partial charge in [-0.05, 0) is 35.0 Å². The van der Waals surface area contributed by atoms with Crippen molar-refractivity contribution in [1.82, 2.24) is 4.98 Å². The van der Waals surface area contributed by atoms with Gasteiger partial charge >= 0.3 is 0 Å². The first kappa shape index (κ1) is 7.69. The van der Waals surface area contributed by atoms with Crippen LogP contribution in [0.25, 0.3) is 0 Å². The number of nitrogens with zero attached hydrogens (tertiary/aromatic N) is 1. The summed E-state index contributed by atoms with van der Waals surface area (Å²) in [4.78, 5) is 3.98. The first-order chi connectivity index (χ1) is 4.72. The summed E-state index contributed by atoms with van der Waals surface area (Å²) in [6.45, 7) is 1.69. The van der Waals surface area contributed by atoms with E-state index in [-0.39, 0.29) is 0 Å². The molecule has 0 radical (unpaired) electrons. The maximum Gasteiger partial charge on any atom is 0.0943 e. The lowest BCUT2D eigenvalue weighted by Crippen LogP contribution is -1.95. The molecule has 3 heteroatoms. The Morgan fingerprint density at radius 2 is 2.40 bits per heavy atom. The average Bonchev–Trinajstić information content (AvgIpc) is 1.88. The van der Waals surface area contributed by atoms with E-state index in [4.69, 9.17) is 5.11 Å². The molecule has 54 valence electrons. The summed E-state index contributed by atoms with van der Waals surface area (Å²) in [6, 6.07) is 3.67. The molecule has 0 spiro atoms. The van der Waals surface area contributed by atoms with E-state index in [1.807, 2.05) is 12.1 Å². The van der Waals surface area contributed by atoms with Gasteiger partial charge in [0, 0.05) is 10.7 Å². The van der Waals surface area contributed by atoms with Crippen LogP contribution in [0.1, 0.15) is 18.7 Å². The number of rotatable bonds is 1. The second-order valence-corrected chi connectivity index (χ2v) is 2.90.